The standard InChI is InChI=1S/C17H16BrN3O2/c18-13-3-1-12(2-4-13)17(23)20-14-5-7-15(8-6-14)21-10-9-19-16(22)11-21/h1-8H,9-11H2,(H,19,22)(H,20,23). The second kappa shape index (κ2) is 6.83. The summed E-state index contributed by atoms with van der Waals surface area (Å²) in [6, 6.07) is 14.7. The lowest BCUT2D eigenvalue weighted by atomic mass is 10.2. The van der Waals surface area contributed by atoms with Gasteiger partial charge in [-0.2, -0.15) is 0 Å². The fourth-order valence-electron chi connectivity index (χ4n) is 2.42. The summed E-state index contributed by atoms with van der Waals surface area (Å²) in [7, 11) is 0. The van der Waals surface area contributed by atoms with Crippen LogP contribution in [0.3, 0.4) is 0 Å². The average molecular weight is 374 g/mol. The van der Waals surface area contributed by atoms with Gasteiger partial charge in [0, 0.05) is 34.5 Å². The van der Waals surface area contributed by atoms with Crippen LogP contribution in [0.25, 0.3) is 0 Å². The average Bonchev–Trinajstić information content (AvgIpc) is 2.56. The van der Waals surface area contributed by atoms with Crippen molar-refractivity contribution in [2.45, 2.75) is 0 Å². The molecule has 1 aliphatic heterocycles. The van der Waals surface area contributed by atoms with Crippen molar-refractivity contribution in [3.8, 4) is 0 Å². The summed E-state index contributed by atoms with van der Waals surface area (Å²) in [5.41, 5.74) is 2.30. The molecule has 118 valence electrons. The topological polar surface area (TPSA) is 61.4 Å². The summed E-state index contributed by atoms with van der Waals surface area (Å²) >= 11 is 3.35. The Hall–Kier alpha value is -2.34. The Morgan fingerprint density at radius 2 is 1.78 bits per heavy atom. The van der Waals surface area contributed by atoms with Crippen LogP contribution in [0.4, 0.5) is 11.4 Å². The molecule has 0 radical (unpaired) electrons. The van der Waals surface area contributed by atoms with Crippen molar-refractivity contribution in [3.63, 3.8) is 0 Å². The van der Waals surface area contributed by atoms with Crippen LogP contribution < -0.4 is 15.5 Å². The van der Waals surface area contributed by atoms with Crippen molar-refractivity contribution in [1.82, 2.24) is 5.32 Å². The largest absolute Gasteiger partial charge is 0.360 e. The summed E-state index contributed by atoms with van der Waals surface area (Å²) in [6.07, 6.45) is 0. The number of piperazine rings is 1. The van der Waals surface area contributed by atoms with E-state index in [4.69, 9.17) is 0 Å². The highest BCUT2D eigenvalue weighted by Crippen LogP contribution is 2.19. The summed E-state index contributed by atoms with van der Waals surface area (Å²) in [6.45, 7) is 1.81. The number of amides is 2. The molecule has 0 atom stereocenters. The highest BCUT2D eigenvalue weighted by molar-refractivity contribution is 9.10. The summed E-state index contributed by atoms with van der Waals surface area (Å²) in [5.74, 6) is -0.119. The quantitative estimate of drug-likeness (QED) is 0.869. The molecule has 2 N–H and O–H groups in total. The molecule has 0 saturated carbocycles. The number of hydrogen-bond donors (Lipinski definition) is 2. The third-order valence-electron chi connectivity index (χ3n) is 3.64. The van der Waals surface area contributed by atoms with E-state index < -0.39 is 0 Å². The number of halogens is 1. The van der Waals surface area contributed by atoms with Crippen LogP contribution in [0, 0.1) is 0 Å². The molecule has 1 saturated heterocycles. The van der Waals surface area contributed by atoms with E-state index in [1.54, 1.807) is 12.1 Å². The molecule has 2 amide bonds. The lowest BCUT2D eigenvalue weighted by Crippen LogP contribution is -2.47. The first-order valence-corrected chi connectivity index (χ1v) is 8.10. The van der Waals surface area contributed by atoms with Crippen molar-refractivity contribution in [2.24, 2.45) is 0 Å². The zero-order chi connectivity index (χ0) is 16.2. The van der Waals surface area contributed by atoms with Crippen LogP contribution >= 0.6 is 15.9 Å². The number of carbonyl (C=O) groups excluding carboxylic acids is 2. The molecule has 0 aromatic heterocycles. The minimum absolute atomic E-state index is 0.0314. The van der Waals surface area contributed by atoms with E-state index in [2.05, 4.69) is 26.6 Å². The zero-order valence-corrected chi connectivity index (χ0v) is 14.0. The summed E-state index contributed by atoms with van der Waals surface area (Å²) < 4.78 is 0.934. The highest BCUT2D eigenvalue weighted by atomic mass is 79.9. The predicted octanol–water partition coefficient (Wildman–Crippen LogP) is 2.64. The first kappa shape index (κ1) is 15.6. The van der Waals surface area contributed by atoms with E-state index in [0.29, 0.717) is 18.7 Å². The van der Waals surface area contributed by atoms with Gasteiger partial charge in [-0.1, -0.05) is 15.9 Å². The first-order valence-electron chi connectivity index (χ1n) is 7.30. The van der Waals surface area contributed by atoms with Gasteiger partial charge in [-0.05, 0) is 48.5 Å². The number of nitrogens with one attached hydrogen (secondary N) is 2. The maximum absolute atomic E-state index is 12.2. The Balaban J connectivity index is 1.66. The molecule has 0 aliphatic carbocycles. The van der Waals surface area contributed by atoms with Crippen molar-refractivity contribution < 1.29 is 9.59 Å². The molecule has 1 fully saturated rings. The van der Waals surface area contributed by atoms with Gasteiger partial charge in [0.05, 0.1) is 6.54 Å². The number of carbonyl (C=O) groups is 2. The molecule has 0 spiro atoms. The molecule has 1 heterocycles. The zero-order valence-electron chi connectivity index (χ0n) is 12.4. The van der Waals surface area contributed by atoms with E-state index in [-0.39, 0.29) is 11.8 Å². The van der Waals surface area contributed by atoms with Crippen LogP contribution in [-0.2, 0) is 4.79 Å². The van der Waals surface area contributed by atoms with Gasteiger partial charge in [0.1, 0.15) is 0 Å². The van der Waals surface area contributed by atoms with Crippen LogP contribution in [-0.4, -0.2) is 31.4 Å². The summed E-state index contributed by atoms with van der Waals surface area (Å²) in [5, 5.41) is 5.66. The highest BCUT2D eigenvalue weighted by Gasteiger charge is 2.16. The van der Waals surface area contributed by atoms with Crippen LogP contribution in [0.15, 0.2) is 53.0 Å². The fraction of sp³-hybridized carbons (Fsp3) is 0.176. The maximum atomic E-state index is 12.2. The van der Waals surface area contributed by atoms with Crippen molar-refractivity contribution in [2.75, 3.05) is 29.9 Å². The number of rotatable bonds is 3. The molecule has 2 aromatic carbocycles. The van der Waals surface area contributed by atoms with E-state index in [0.717, 1.165) is 22.4 Å². The molecule has 23 heavy (non-hydrogen) atoms. The van der Waals surface area contributed by atoms with Gasteiger partial charge in [0.2, 0.25) is 5.91 Å². The lowest BCUT2D eigenvalue weighted by Gasteiger charge is -2.28. The predicted molar refractivity (Wildman–Crippen MR) is 93.8 cm³/mol. The van der Waals surface area contributed by atoms with Crippen LogP contribution in [0.1, 0.15) is 10.4 Å². The lowest BCUT2D eigenvalue weighted by molar-refractivity contribution is -0.120. The Bertz CT molecular complexity index is 714. The van der Waals surface area contributed by atoms with Crippen molar-refractivity contribution in [1.29, 1.82) is 0 Å². The Morgan fingerprint density at radius 3 is 2.43 bits per heavy atom. The Labute approximate surface area is 142 Å². The summed E-state index contributed by atoms with van der Waals surface area (Å²) in [4.78, 5) is 25.6. The van der Waals surface area contributed by atoms with Gasteiger partial charge < -0.3 is 15.5 Å². The number of benzene rings is 2. The molecule has 2 aromatic rings. The number of hydrogen-bond acceptors (Lipinski definition) is 3. The molecule has 3 rings (SSSR count). The van der Waals surface area contributed by atoms with Crippen molar-refractivity contribution >= 4 is 39.1 Å². The number of anilines is 2. The molecule has 6 heteroatoms. The molecule has 0 bridgehead atoms. The third kappa shape index (κ3) is 3.90. The second-order valence-electron chi connectivity index (χ2n) is 5.28. The smallest absolute Gasteiger partial charge is 0.255 e. The van der Waals surface area contributed by atoms with Gasteiger partial charge in [0.25, 0.3) is 5.91 Å². The molecular formula is C17H16BrN3O2. The van der Waals surface area contributed by atoms with E-state index >= 15 is 0 Å². The fourth-order valence-corrected chi connectivity index (χ4v) is 2.68. The van der Waals surface area contributed by atoms with E-state index in [1.165, 1.54) is 0 Å². The second-order valence-corrected chi connectivity index (χ2v) is 6.20. The van der Waals surface area contributed by atoms with E-state index in [1.807, 2.05) is 41.3 Å². The van der Waals surface area contributed by atoms with Gasteiger partial charge in [0.15, 0.2) is 0 Å². The molecular weight excluding hydrogens is 358 g/mol. The van der Waals surface area contributed by atoms with E-state index in [9.17, 15) is 9.59 Å². The third-order valence-corrected chi connectivity index (χ3v) is 4.16. The Morgan fingerprint density at radius 1 is 1.09 bits per heavy atom. The molecule has 5 nitrogen and oxygen atoms in total. The minimum atomic E-state index is -0.150. The molecule has 1 aliphatic rings. The first-order chi connectivity index (χ1) is 11.1. The van der Waals surface area contributed by atoms with Gasteiger partial charge >= 0.3 is 0 Å². The molecule has 0 unspecified atom stereocenters. The van der Waals surface area contributed by atoms with Crippen LogP contribution in [0.5, 0.6) is 0 Å². The van der Waals surface area contributed by atoms with Gasteiger partial charge in [-0.3, -0.25) is 9.59 Å². The maximum Gasteiger partial charge on any atom is 0.255 e. The minimum Gasteiger partial charge on any atom is -0.360 e. The monoisotopic (exact) mass is 373 g/mol. The van der Waals surface area contributed by atoms with Crippen LogP contribution in [0.2, 0.25) is 0 Å². The SMILES string of the molecule is O=C1CN(c2ccc(NC(=O)c3ccc(Br)cc3)cc2)CCN1. The van der Waals surface area contributed by atoms with Gasteiger partial charge in [-0.15, -0.1) is 0 Å². The number of nitrogens with zero attached hydrogens (tertiary/aromatic N) is 1. The normalized spacial score (nSPS) is 14.3. The Kier molecular flexibility index (Phi) is 4.62. The van der Waals surface area contributed by atoms with Gasteiger partial charge in [-0.25, -0.2) is 0 Å². The van der Waals surface area contributed by atoms with Crippen molar-refractivity contribution in [3.05, 3.63) is 58.6 Å².